The van der Waals surface area contributed by atoms with Crippen molar-refractivity contribution in [3.05, 3.63) is 42.2 Å². The Kier molecular flexibility index (Phi) is 5.93. The van der Waals surface area contributed by atoms with E-state index in [-0.39, 0.29) is 33.2 Å². The van der Waals surface area contributed by atoms with Gasteiger partial charge < -0.3 is 10.8 Å². The van der Waals surface area contributed by atoms with Crippen LogP contribution in [0.3, 0.4) is 0 Å². The molecule has 2 aromatic heterocycles. The Bertz CT molecular complexity index is 1700. The highest BCUT2D eigenvalue weighted by atomic mass is 32.2. The van der Waals surface area contributed by atoms with E-state index in [9.17, 15) is 26.9 Å². The van der Waals surface area contributed by atoms with Crippen molar-refractivity contribution in [2.24, 2.45) is 12.5 Å². The predicted molar refractivity (Wildman–Crippen MR) is 132 cm³/mol. The lowest BCUT2D eigenvalue weighted by Crippen LogP contribution is -2.55. The van der Waals surface area contributed by atoms with Crippen molar-refractivity contribution in [1.29, 1.82) is 5.26 Å². The maximum Gasteiger partial charge on any atom is 0.490 e. The number of aliphatic carboxylic acids is 1. The van der Waals surface area contributed by atoms with Crippen molar-refractivity contribution in [3.8, 4) is 28.7 Å². The summed E-state index contributed by atoms with van der Waals surface area (Å²) in [5.74, 6) is -2.65. The lowest BCUT2D eigenvalue weighted by Gasteiger charge is -2.43. The molecule has 39 heavy (non-hydrogen) atoms. The van der Waals surface area contributed by atoms with Crippen LogP contribution in [-0.4, -0.2) is 51.0 Å². The number of nitrogens with zero attached hydrogens (tertiary/aromatic N) is 5. The van der Waals surface area contributed by atoms with Crippen LogP contribution < -0.4 is 10.5 Å². The van der Waals surface area contributed by atoms with E-state index in [0.29, 0.717) is 31.4 Å². The molecule has 15 heteroatoms. The van der Waals surface area contributed by atoms with Crippen molar-refractivity contribution in [3.63, 3.8) is 0 Å². The largest absolute Gasteiger partial charge is 0.490 e. The standard InChI is InChI=1S/C22H23N7O2S.C2HF3O2/c1-14-3-4-15(32(30,31)28-22-7-6-21(11-22,12-22)13-23)9-16(14)18-10-25-20(24)19(26-18)17-5-8-29(2)27-17;3-2(4,5)1(6)7/h3-5,8-10,28H,6-7,11-12H2,1-2H3,(H2,24,25);(H,6,7)/i1D3;. The van der Waals surface area contributed by atoms with Gasteiger partial charge in [-0.3, -0.25) is 4.68 Å². The minimum absolute atomic E-state index is 0.0614. The van der Waals surface area contributed by atoms with Gasteiger partial charge in [-0.05, 0) is 56.3 Å². The number of carbonyl (C=O) groups is 1. The van der Waals surface area contributed by atoms with Gasteiger partial charge in [0.1, 0.15) is 11.4 Å². The highest BCUT2D eigenvalue weighted by Crippen LogP contribution is 2.61. The Morgan fingerprint density at radius 3 is 2.51 bits per heavy atom. The number of hydrogen-bond acceptors (Lipinski definition) is 8. The molecule has 0 unspecified atom stereocenters. The molecule has 4 N–H and O–H groups in total. The summed E-state index contributed by atoms with van der Waals surface area (Å²) in [5, 5.41) is 20.8. The summed E-state index contributed by atoms with van der Waals surface area (Å²) in [6.45, 7) is -2.52. The summed E-state index contributed by atoms with van der Waals surface area (Å²) in [7, 11) is -2.26. The first kappa shape index (κ1) is 24.0. The second kappa shape index (κ2) is 9.62. The molecule has 1 aromatic carbocycles. The number of carboxylic acid groups (broad SMARTS) is 1. The number of carboxylic acids is 1. The summed E-state index contributed by atoms with van der Waals surface area (Å²) in [6, 6.07) is 7.86. The average molecular weight is 567 g/mol. The number of rotatable bonds is 5. The van der Waals surface area contributed by atoms with Gasteiger partial charge in [-0.25, -0.2) is 27.9 Å². The number of nitriles is 1. The van der Waals surface area contributed by atoms with Crippen LogP contribution in [0.15, 0.2) is 41.6 Å². The average Bonchev–Trinajstić information content (AvgIpc) is 3.56. The van der Waals surface area contributed by atoms with E-state index in [2.05, 4.69) is 25.9 Å². The number of hydrogen-bond donors (Lipinski definition) is 3. The maximum absolute atomic E-state index is 13.3. The van der Waals surface area contributed by atoms with E-state index >= 15 is 0 Å². The molecule has 3 aliphatic carbocycles. The molecule has 3 fully saturated rings. The molecule has 3 aliphatic rings. The van der Waals surface area contributed by atoms with Crippen molar-refractivity contribution in [1.82, 2.24) is 24.5 Å². The van der Waals surface area contributed by atoms with Crippen LogP contribution in [0.2, 0.25) is 0 Å². The smallest absolute Gasteiger partial charge is 0.475 e. The van der Waals surface area contributed by atoms with Crippen molar-refractivity contribution >= 4 is 21.8 Å². The number of nitrogen functional groups attached to an aromatic ring is 1. The van der Waals surface area contributed by atoms with Gasteiger partial charge in [0.05, 0.1) is 28.3 Å². The van der Waals surface area contributed by atoms with Crippen LogP contribution in [0.4, 0.5) is 19.0 Å². The fraction of sp³-hybridized carbons (Fsp3) is 0.375. The molecule has 11 nitrogen and oxygen atoms in total. The first-order chi connectivity index (χ1) is 19.3. The van der Waals surface area contributed by atoms with Gasteiger partial charge in [-0.2, -0.15) is 23.5 Å². The molecule has 0 saturated heterocycles. The summed E-state index contributed by atoms with van der Waals surface area (Å²) in [6.07, 6.45) is 0.155. The van der Waals surface area contributed by atoms with Gasteiger partial charge in [0.2, 0.25) is 10.0 Å². The number of nitrogens with two attached hydrogens (primary N) is 1. The Labute approximate surface area is 225 Å². The number of benzene rings is 1. The molecular weight excluding hydrogens is 539 g/mol. The maximum atomic E-state index is 13.3. The molecule has 206 valence electrons. The second-order valence-electron chi connectivity index (χ2n) is 9.51. The van der Waals surface area contributed by atoms with Crippen LogP contribution >= 0.6 is 0 Å². The quantitative estimate of drug-likeness (QED) is 0.418. The molecule has 2 heterocycles. The molecule has 0 radical (unpaired) electrons. The van der Waals surface area contributed by atoms with Gasteiger partial charge in [0.25, 0.3) is 0 Å². The van der Waals surface area contributed by atoms with Crippen LogP contribution in [-0.2, 0) is 21.9 Å². The summed E-state index contributed by atoms with van der Waals surface area (Å²) >= 11 is 0. The van der Waals surface area contributed by atoms with Gasteiger partial charge in [-0.1, -0.05) is 6.07 Å². The van der Waals surface area contributed by atoms with Crippen molar-refractivity contribution in [2.45, 2.75) is 49.1 Å². The first-order valence-corrected chi connectivity index (χ1v) is 12.8. The van der Waals surface area contributed by atoms with Gasteiger partial charge >= 0.3 is 12.1 Å². The molecule has 3 saturated carbocycles. The van der Waals surface area contributed by atoms with Crippen molar-refractivity contribution in [2.75, 3.05) is 5.73 Å². The van der Waals surface area contributed by atoms with E-state index in [1.807, 2.05) is 0 Å². The van der Waals surface area contributed by atoms with Gasteiger partial charge in [-0.15, -0.1) is 0 Å². The Morgan fingerprint density at radius 1 is 1.28 bits per heavy atom. The molecule has 0 amide bonds. The van der Waals surface area contributed by atoms with E-state index in [0.717, 1.165) is 0 Å². The summed E-state index contributed by atoms with van der Waals surface area (Å²) < 4.78 is 86.6. The Balaban J connectivity index is 0.000000517. The normalized spacial score (nSPS) is 23.3. The summed E-state index contributed by atoms with van der Waals surface area (Å²) in [4.78, 5) is 17.5. The molecule has 0 atom stereocenters. The number of alkyl halides is 3. The molecular formula is C24H24F3N7O4S. The van der Waals surface area contributed by atoms with E-state index in [4.69, 9.17) is 19.7 Å². The third-order valence-corrected chi connectivity index (χ3v) is 8.18. The predicted octanol–water partition coefficient (Wildman–Crippen LogP) is 3.18. The third kappa shape index (κ3) is 5.57. The number of sulfonamides is 1. The number of halogens is 3. The van der Waals surface area contributed by atoms with Crippen LogP contribution in [0, 0.1) is 23.6 Å². The number of fused-ring (bicyclic) bond motifs is 1. The van der Waals surface area contributed by atoms with E-state index in [1.165, 1.54) is 24.4 Å². The molecule has 2 bridgehead atoms. The highest BCUT2D eigenvalue weighted by Gasteiger charge is 2.62. The Morgan fingerprint density at radius 2 is 1.97 bits per heavy atom. The highest BCUT2D eigenvalue weighted by molar-refractivity contribution is 7.89. The Hall–Kier alpha value is -4.03. The number of anilines is 1. The topological polar surface area (TPSA) is 177 Å². The van der Waals surface area contributed by atoms with Crippen LogP contribution in [0.1, 0.15) is 35.4 Å². The van der Waals surface area contributed by atoms with E-state index < -0.39 is 40.0 Å². The zero-order chi connectivity index (χ0) is 31.3. The monoisotopic (exact) mass is 566 g/mol. The van der Waals surface area contributed by atoms with Gasteiger partial charge in [0.15, 0.2) is 5.82 Å². The number of nitrogens with one attached hydrogen (secondary N) is 1. The van der Waals surface area contributed by atoms with Crippen LogP contribution in [0.5, 0.6) is 0 Å². The molecule has 3 aromatic rings. The molecule has 0 spiro atoms. The van der Waals surface area contributed by atoms with Gasteiger partial charge in [0, 0.05) is 28.5 Å². The lowest BCUT2D eigenvalue weighted by molar-refractivity contribution is -0.192. The third-order valence-electron chi connectivity index (χ3n) is 6.60. The first-order valence-electron chi connectivity index (χ1n) is 12.8. The number of aryl methyl sites for hydroxylation is 2. The SMILES string of the molecule is O=C(O)C(F)(F)F.[2H]C([2H])([2H])c1ccc(S(=O)(=O)NC23CCC(C#N)(C2)C3)cc1-c1cnc(N)c(-c2ccn(C)n2)n1. The lowest BCUT2D eigenvalue weighted by atomic mass is 9.66. The van der Waals surface area contributed by atoms with Crippen molar-refractivity contribution < 1.29 is 35.6 Å². The molecule has 6 rings (SSSR count). The minimum Gasteiger partial charge on any atom is -0.475 e. The summed E-state index contributed by atoms with van der Waals surface area (Å²) in [5.41, 5.74) is 5.85. The molecule has 0 aliphatic heterocycles. The number of aromatic nitrogens is 4. The van der Waals surface area contributed by atoms with Crippen LogP contribution in [0.25, 0.3) is 22.6 Å². The fourth-order valence-electron chi connectivity index (χ4n) is 4.84. The second-order valence-corrected chi connectivity index (χ2v) is 11.2. The minimum atomic E-state index is -5.08. The fourth-order valence-corrected chi connectivity index (χ4v) is 6.29. The zero-order valence-corrected chi connectivity index (χ0v) is 21.1. The zero-order valence-electron chi connectivity index (χ0n) is 23.3. The van der Waals surface area contributed by atoms with E-state index in [1.54, 1.807) is 24.0 Å².